The van der Waals surface area contributed by atoms with E-state index < -0.39 is 5.91 Å². The zero-order chi connectivity index (χ0) is 24.3. The van der Waals surface area contributed by atoms with Crippen molar-refractivity contribution in [1.29, 1.82) is 5.26 Å². The molecule has 7 nitrogen and oxygen atoms in total. The number of nitriles is 1. The van der Waals surface area contributed by atoms with E-state index in [1.807, 2.05) is 31.2 Å². The maximum atomic E-state index is 12.4. The van der Waals surface area contributed by atoms with Crippen molar-refractivity contribution in [2.45, 2.75) is 39.5 Å². The second kappa shape index (κ2) is 12.5. The summed E-state index contributed by atoms with van der Waals surface area (Å²) in [5.74, 6) is 1.49. The van der Waals surface area contributed by atoms with E-state index in [2.05, 4.69) is 35.4 Å². The number of hydrogen-bond acceptors (Lipinski definition) is 7. The summed E-state index contributed by atoms with van der Waals surface area (Å²) in [4.78, 5) is 12.4. The molecule has 1 amide bonds. The smallest absolute Gasteiger partial charge is 0.268 e. The van der Waals surface area contributed by atoms with Crippen LogP contribution in [0.25, 0.3) is 6.08 Å². The topological polar surface area (TPSA) is 97.1 Å². The van der Waals surface area contributed by atoms with Crippen molar-refractivity contribution in [1.82, 2.24) is 10.2 Å². The monoisotopic (exact) mass is 476 g/mol. The highest BCUT2D eigenvalue weighted by atomic mass is 32.1. The van der Waals surface area contributed by atoms with E-state index in [4.69, 9.17) is 9.47 Å². The number of hydrogen-bond donors (Lipinski definition) is 1. The highest BCUT2D eigenvalue weighted by Crippen LogP contribution is 2.28. The summed E-state index contributed by atoms with van der Waals surface area (Å²) < 4.78 is 11.7. The number of carbonyl (C=O) groups excluding carboxylic acids is 1. The fourth-order valence-electron chi connectivity index (χ4n) is 3.14. The highest BCUT2D eigenvalue weighted by Gasteiger charge is 2.13. The fraction of sp³-hybridized carbons (Fsp3) is 0.308. The molecule has 34 heavy (non-hydrogen) atoms. The Labute approximate surface area is 204 Å². The minimum Gasteiger partial charge on any atom is -0.490 e. The summed E-state index contributed by atoms with van der Waals surface area (Å²) in [5, 5.41) is 21.1. The maximum Gasteiger partial charge on any atom is 0.268 e. The van der Waals surface area contributed by atoms with Crippen LogP contribution in [0.15, 0.2) is 54.1 Å². The predicted molar refractivity (Wildman–Crippen MR) is 134 cm³/mol. The Morgan fingerprint density at radius 3 is 2.53 bits per heavy atom. The number of aryl methyl sites for hydroxylation is 1. The molecule has 0 saturated carbocycles. The number of ether oxygens (including phenoxy) is 2. The van der Waals surface area contributed by atoms with Gasteiger partial charge in [0.25, 0.3) is 5.91 Å². The van der Waals surface area contributed by atoms with Crippen LogP contribution in [0.4, 0.5) is 5.13 Å². The number of amides is 1. The van der Waals surface area contributed by atoms with Crippen molar-refractivity contribution in [3.8, 4) is 17.6 Å². The van der Waals surface area contributed by atoms with Crippen molar-refractivity contribution < 1.29 is 14.3 Å². The summed E-state index contributed by atoms with van der Waals surface area (Å²) in [6.45, 7) is 7.14. The van der Waals surface area contributed by atoms with Gasteiger partial charge in [-0.05, 0) is 54.2 Å². The minimum atomic E-state index is -0.517. The van der Waals surface area contributed by atoms with Crippen molar-refractivity contribution in [3.63, 3.8) is 0 Å². The molecule has 1 heterocycles. The molecule has 1 unspecified atom stereocenters. The lowest BCUT2D eigenvalue weighted by Gasteiger charge is -2.15. The van der Waals surface area contributed by atoms with Crippen LogP contribution < -0.4 is 14.8 Å². The van der Waals surface area contributed by atoms with Crippen LogP contribution in [0.3, 0.4) is 0 Å². The molecule has 2 aromatic carbocycles. The second-order valence-corrected chi connectivity index (χ2v) is 8.65. The van der Waals surface area contributed by atoms with Gasteiger partial charge in [0.1, 0.15) is 41.4 Å². The largest absolute Gasteiger partial charge is 0.490 e. The van der Waals surface area contributed by atoms with Crippen molar-refractivity contribution in [2.24, 2.45) is 0 Å². The Morgan fingerprint density at radius 2 is 1.85 bits per heavy atom. The van der Waals surface area contributed by atoms with Crippen molar-refractivity contribution in [3.05, 3.63) is 70.2 Å². The Kier molecular flexibility index (Phi) is 9.18. The van der Waals surface area contributed by atoms with Gasteiger partial charge in [-0.3, -0.25) is 10.1 Å². The van der Waals surface area contributed by atoms with Crippen LogP contribution >= 0.6 is 11.3 Å². The SMILES string of the molecule is CCc1nnc(NC(=O)C(C#N)=Cc2ccc(OCCOc3ccccc3C(C)CC)cc2)s1. The molecule has 8 heteroatoms. The van der Waals surface area contributed by atoms with Gasteiger partial charge in [0.05, 0.1) is 0 Å². The van der Waals surface area contributed by atoms with Crippen LogP contribution in [0.2, 0.25) is 0 Å². The summed E-state index contributed by atoms with van der Waals surface area (Å²) >= 11 is 1.29. The molecule has 0 aliphatic carbocycles. The zero-order valence-corrected chi connectivity index (χ0v) is 20.4. The third-order valence-electron chi connectivity index (χ3n) is 5.22. The van der Waals surface area contributed by atoms with E-state index in [1.54, 1.807) is 24.3 Å². The fourth-order valence-corrected chi connectivity index (χ4v) is 3.81. The lowest BCUT2D eigenvalue weighted by atomic mass is 9.98. The first-order valence-electron chi connectivity index (χ1n) is 11.2. The molecule has 0 radical (unpaired) electrons. The first kappa shape index (κ1) is 24.9. The van der Waals surface area contributed by atoms with Gasteiger partial charge in [-0.15, -0.1) is 10.2 Å². The molecule has 3 rings (SSSR count). The molecule has 176 valence electrons. The average Bonchev–Trinajstić information content (AvgIpc) is 3.33. The van der Waals surface area contributed by atoms with E-state index in [0.717, 1.165) is 23.6 Å². The number of rotatable bonds is 11. The van der Waals surface area contributed by atoms with E-state index in [0.29, 0.717) is 35.6 Å². The standard InChI is InChI=1S/C26H28N4O3S/c1-4-18(3)22-8-6-7-9-23(22)33-15-14-32-21-12-10-19(11-13-21)16-20(17-27)25(31)28-26-30-29-24(5-2)34-26/h6-13,16,18H,4-5,14-15H2,1-3H3,(H,28,30,31). The molecule has 0 saturated heterocycles. The van der Waals surface area contributed by atoms with Crippen LogP contribution in [0, 0.1) is 11.3 Å². The Morgan fingerprint density at radius 1 is 1.12 bits per heavy atom. The molecule has 1 atom stereocenters. The molecule has 1 N–H and O–H groups in total. The number of nitrogens with one attached hydrogen (secondary N) is 1. The molecule has 0 spiro atoms. The summed E-state index contributed by atoms with van der Waals surface area (Å²) in [7, 11) is 0. The summed E-state index contributed by atoms with van der Waals surface area (Å²) in [6, 6.07) is 17.2. The lowest BCUT2D eigenvalue weighted by molar-refractivity contribution is -0.112. The predicted octanol–water partition coefficient (Wildman–Crippen LogP) is 5.62. The van der Waals surface area contributed by atoms with Crippen LogP contribution in [-0.2, 0) is 11.2 Å². The molecule has 0 aliphatic rings. The summed E-state index contributed by atoms with van der Waals surface area (Å²) in [6.07, 6.45) is 3.31. The van der Waals surface area contributed by atoms with Gasteiger partial charge >= 0.3 is 0 Å². The van der Waals surface area contributed by atoms with Crippen molar-refractivity contribution >= 4 is 28.5 Å². The van der Waals surface area contributed by atoms with Gasteiger partial charge in [0.2, 0.25) is 5.13 Å². The quantitative estimate of drug-likeness (QED) is 0.219. The Bertz CT molecular complexity index is 1170. The molecular formula is C26H28N4O3S. The van der Waals surface area contributed by atoms with Crippen LogP contribution in [0.5, 0.6) is 11.5 Å². The zero-order valence-electron chi connectivity index (χ0n) is 19.6. The first-order valence-corrected chi connectivity index (χ1v) is 12.1. The third kappa shape index (κ3) is 6.90. The maximum absolute atomic E-state index is 12.4. The number of aromatic nitrogens is 2. The Balaban J connectivity index is 1.53. The van der Waals surface area contributed by atoms with Gasteiger partial charge in [-0.2, -0.15) is 5.26 Å². The van der Waals surface area contributed by atoms with E-state index in [9.17, 15) is 10.1 Å². The lowest BCUT2D eigenvalue weighted by Crippen LogP contribution is -2.13. The third-order valence-corrected chi connectivity index (χ3v) is 6.20. The molecule has 0 bridgehead atoms. The number of para-hydroxylation sites is 1. The van der Waals surface area contributed by atoms with Gasteiger partial charge in [0, 0.05) is 0 Å². The second-order valence-electron chi connectivity index (χ2n) is 7.59. The first-order chi connectivity index (χ1) is 16.5. The van der Waals surface area contributed by atoms with Gasteiger partial charge in [-0.25, -0.2) is 0 Å². The normalized spacial score (nSPS) is 12.0. The number of anilines is 1. The highest BCUT2D eigenvalue weighted by molar-refractivity contribution is 7.15. The number of carbonyl (C=O) groups is 1. The van der Waals surface area contributed by atoms with Gasteiger partial charge in [-0.1, -0.05) is 62.4 Å². The Hall–Kier alpha value is -3.70. The molecule has 1 aromatic heterocycles. The molecule has 3 aromatic rings. The van der Waals surface area contributed by atoms with E-state index >= 15 is 0 Å². The van der Waals surface area contributed by atoms with Crippen molar-refractivity contribution in [2.75, 3.05) is 18.5 Å². The van der Waals surface area contributed by atoms with E-state index in [1.165, 1.54) is 23.0 Å². The van der Waals surface area contributed by atoms with Gasteiger partial charge in [0.15, 0.2) is 0 Å². The van der Waals surface area contributed by atoms with Crippen LogP contribution in [0.1, 0.15) is 49.2 Å². The average molecular weight is 477 g/mol. The minimum absolute atomic E-state index is 0.0183. The molecule has 0 fully saturated rings. The van der Waals surface area contributed by atoms with Crippen LogP contribution in [-0.4, -0.2) is 29.3 Å². The summed E-state index contributed by atoms with van der Waals surface area (Å²) in [5.41, 5.74) is 1.90. The number of nitrogens with zero attached hydrogens (tertiary/aromatic N) is 3. The molecular weight excluding hydrogens is 448 g/mol. The number of benzene rings is 2. The molecule has 0 aliphatic heterocycles. The van der Waals surface area contributed by atoms with Gasteiger partial charge < -0.3 is 9.47 Å². The van der Waals surface area contributed by atoms with E-state index in [-0.39, 0.29) is 5.57 Å².